The van der Waals surface area contributed by atoms with E-state index >= 15 is 0 Å². The molecule has 0 atom stereocenters. The van der Waals surface area contributed by atoms with Crippen molar-refractivity contribution in [3.63, 3.8) is 0 Å². The Morgan fingerprint density at radius 1 is 1.18 bits per heavy atom. The summed E-state index contributed by atoms with van der Waals surface area (Å²) < 4.78 is 6.97. The van der Waals surface area contributed by atoms with Gasteiger partial charge in [-0.2, -0.15) is 9.78 Å². The molecule has 0 fully saturated rings. The quantitative estimate of drug-likeness (QED) is 0.739. The molecule has 0 radical (unpaired) electrons. The fourth-order valence-electron chi connectivity index (χ4n) is 2.12. The second-order valence-corrected chi connectivity index (χ2v) is 6.36. The Hall–Kier alpha value is -2.19. The van der Waals surface area contributed by atoms with E-state index in [0.717, 1.165) is 38.8 Å². The number of thiazole rings is 1. The van der Waals surface area contributed by atoms with Crippen LogP contribution < -0.4 is 4.74 Å². The lowest BCUT2D eigenvalue weighted by Gasteiger charge is -2.12. The smallest absolute Gasteiger partial charge is 0.212 e. The van der Waals surface area contributed by atoms with Gasteiger partial charge in [0.05, 0.1) is 7.11 Å². The third-order valence-corrected chi connectivity index (χ3v) is 4.95. The van der Waals surface area contributed by atoms with Crippen molar-refractivity contribution < 1.29 is 4.74 Å². The van der Waals surface area contributed by atoms with Crippen LogP contribution in [0.25, 0.3) is 11.4 Å². The molecule has 1 aliphatic heterocycles. The zero-order valence-electron chi connectivity index (χ0n) is 11.6. The molecule has 1 aliphatic rings. The number of methoxy groups -OCH3 is 1. The molecule has 1 aromatic carbocycles. The van der Waals surface area contributed by atoms with E-state index in [0.29, 0.717) is 0 Å². The lowest BCUT2D eigenvalue weighted by molar-refractivity contribution is 0.415. The molecule has 2 aromatic heterocycles. The minimum atomic E-state index is 0.721. The van der Waals surface area contributed by atoms with Crippen LogP contribution in [-0.4, -0.2) is 38.4 Å². The molecule has 22 heavy (non-hydrogen) atoms. The van der Waals surface area contributed by atoms with Gasteiger partial charge in [0.1, 0.15) is 16.5 Å². The molecule has 0 bridgehead atoms. The summed E-state index contributed by atoms with van der Waals surface area (Å²) in [5.41, 5.74) is 1.89. The van der Waals surface area contributed by atoms with E-state index in [2.05, 4.69) is 20.3 Å². The van der Waals surface area contributed by atoms with Crippen LogP contribution in [-0.2, 0) is 0 Å². The summed E-state index contributed by atoms with van der Waals surface area (Å²) in [6, 6.07) is 7.71. The molecule has 0 N–H and O–H groups in total. The van der Waals surface area contributed by atoms with Crippen molar-refractivity contribution in [3.05, 3.63) is 40.8 Å². The molecule has 0 unspecified atom stereocenters. The predicted molar refractivity (Wildman–Crippen MR) is 86.8 cm³/mol. The summed E-state index contributed by atoms with van der Waals surface area (Å²) in [5.74, 6) is 2.29. The van der Waals surface area contributed by atoms with Crippen molar-refractivity contribution in [2.75, 3.05) is 12.9 Å². The minimum Gasteiger partial charge on any atom is -0.497 e. The van der Waals surface area contributed by atoms with E-state index in [-0.39, 0.29) is 0 Å². The number of ether oxygens (including phenoxy) is 1. The van der Waals surface area contributed by atoms with Crippen LogP contribution in [0.2, 0.25) is 0 Å². The SMILES string of the molecule is COc1ccc(-c2nnc3n2N=C(c2nccs2)CS3)cc1. The largest absolute Gasteiger partial charge is 0.497 e. The Bertz CT molecular complexity index is 824. The van der Waals surface area contributed by atoms with Crippen LogP contribution in [0.1, 0.15) is 5.01 Å². The van der Waals surface area contributed by atoms with E-state index in [1.165, 1.54) is 0 Å². The van der Waals surface area contributed by atoms with Crippen LogP contribution in [0.15, 0.2) is 46.1 Å². The van der Waals surface area contributed by atoms with Crippen LogP contribution in [0.4, 0.5) is 0 Å². The van der Waals surface area contributed by atoms with Gasteiger partial charge < -0.3 is 4.74 Å². The number of fused-ring (bicyclic) bond motifs is 1. The molecule has 3 heterocycles. The number of hydrogen-bond donors (Lipinski definition) is 0. The second-order valence-electron chi connectivity index (χ2n) is 4.52. The Kier molecular flexibility index (Phi) is 3.39. The van der Waals surface area contributed by atoms with E-state index < -0.39 is 0 Å². The first-order valence-electron chi connectivity index (χ1n) is 6.55. The average Bonchev–Trinajstić information content (AvgIpc) is 3.24. The van der Waals surface area contributed by atoms with Crippen molar-refractivity contribution >= 4 is 28.8 Å². The Morgan fingerprint density at radius 3 is 2.77 bits per heavy atom. The molecule has 0 saturated heterocycles. The van der Waals surface area contributed by atoms with Gasteiger partial charge in [0, 0.05) is 22.9 Å². The third-order valence-electron chi connectivity index (χ3n) is 3.20. The van der Waals surface area contributed by atoms with Crippen LogP contribution >= 0.6 is 23.1 Å². The number of nitrogens with zero attached hydrogens (tertiary/aromatic N) is 5. The van der Waals surface area contributed by atoms with Crippen molar-refractivity contribution in [1.82, 2.24) is 19.9 Å². The highest BCUT2D eigenvalue weighted by atomic mass is 32.2. The molecule has 4 rings (SSSR count). The standard InChI is InChI=1S/C14H11N5OS2/c1-20-10-4-2-9(3-5-10)12-16-17-14-19(12)18-11(8-22-14)13-15-6-7-21-13/h2-7H,8H2,1H3. The molecule has 6 nitrogen and oxygen atoms in total. The number of benzene rings is 1. The first-order valence-corrected chi connectivity index (χ1v) is 8.42. The number of thioether (sulfide) groups is 1. The Morgan fingerprint density at radius 2 is 2.05 bits per heavy atom. The number of rotatable bonds is 3. The molecular formula is C14H11N5OS2. The molecule has 110 valence electrons. The van der Waals surface area contributed by atoms with Gasteiger partial charge in [0.25, 0.3) is 0 Å². The third kappa shape index (κ3) is 2.30. The van der Waals surface area contributed by atoms with Gasteiger partial charge in [-0.25, -0.2) is 4.98 Å². The maximum Gasteiger partial charge on any atom is 0.212 e. The zero-order chi connectivity index (χ0) is 14.9. The normalized spacial score (nSPS) is 13.6. The van der Waals surface area contributed by atoms with E-state index in [1.807, 2.05) is 29.6 Å². The van der Waals surface area contributed by atoms with Crippen LogP contribution in [0.3, 0.4) is 0 Å². The minimum absolute atomic E-state index is 0.721. The zero-order valence-corrected chi connectivity index (χ0v) is 13.3. The lowest BCUT2D eigenvalue weighted by Crippen LogP contribution is -2.13. The van der Waals surface area contributed by atoms with Gasteiger partial charge in [0.2, 0.25) is 5.16 Å². The first-order chi connectivity index (χ1) is 10.8. The van der Waals surface area contributed by atoms with Crippen molar-refractivity contribution in [3.8, 4) is 17.1 Å². The van der Waals surface area contributed by atoms with Gasteiger partial charge in [-0.05, 0) is 24.3 Å². The predicted octanol–water partition coefficient (Wildman–Crippen LogP) is 2.77. The highest BCUT2D eigenvalue weighted by molar-refractivity contribution is 7.99. The lowest BCUT2D eigenvalue weighted by atomic mass is 10.2. The second kappa shape index (κ2) is 5.54. The van der Waals surface area contributed by atoms with Gasteiger partial charge in [0.15, 0.2) is 5.82 Å². The van der Waals surface area contributed by atoms with Crippen molar-refractivity contribution in [2.45, 2.75) is 5.16 Å². The van der Waals surface area contributed by atoms with Gasteiger partial charge in [-0.15, -0.1) is 21.5 Å². The molecule has 0 aliphatic carbocycles. The summed E-state index contributed by atoms with van der Waals surface area (Å²) in [6.07, 6.45) is 1.79. The van der Waals surface area contributed by atoms with Crippen molar-refractivity contribution in [1.29, 1.82) is 0 Å². The summed E-state index contributed by atoms with van der Waals surface area (Å²) in [7, 11) is 1.65. The highest BCUT2D eigenvalue weighted by Gasteiger charge is 2.21. The average molecular weight is 329 g/mol. The fourth-order valence-corrected chi connectivity index (χ4v) is 3.64. The molecule has 3 aromatic rings. The summed E-state index contributed by atoms with van der Waals surface area (Å²) in [6.45, 7) is 0. The summed E-state index contributed by atoms with van der Waals surface area (Å²) >= 11 is 3.21. The first kappa shape index (κ1) is 13.5. The van der Waals surface area contributed by atoms with Crippen molar-refractivity contribution in [2.24, 2.45) is 5.10 Å². The maximum atomic E-state index is 5.18. The molecule has 0 spiro atoms. The fraction of sp³-hybridized carbons (Fsp3) is 0.143. The molecule has 0 saturated carbocycles. The Balaban J connectivity index is 1.77. The number of aromatic nitrogens is 4. The topological polar surface area (TPSA) is 65.2 Å². The van der Waals surface area contributed by atoms with E-state index in [1.54, 1.807) is 41.1 Å². The van der Waals surface area contributed by atoms with Crippen LogP contribution in [0.5, 0.6) is 5.75 Å². The van der Waals surface area contributed by atoms with Gasteiger partial charge >= 0.3 is 0 Å². The highest BCUT2D eigenvalue weighted by Crippen LogP contribution is 2.29. The van der Waals surface area contributed by atoms with Gasteiger partial charge in [-0.3, -0.25) is 0 Å². The van der Waals surface area contributed by atoms with Crippen LogP contribution in [0, 0.1) is 0 Å². The molecular weight excluding hydrogens is 318 g/mol. The summed E-state index contributed by atoms with van der Waals surface area (Å²) in [5, 5.41) is 16.8. The van der Waals surface area contributed by atoms with E-state index in [4.69, 9.17) is 4.74 Å². The summed E-state index contributed by atoms with van der Waals surface area (Å²) in [4.78, 5) is 4.33. The molecule has 0 amide bonds. The van der Waals surface area contributed by atoms with Gasteiger partial charge in [-0.1, -0.05) is 11.8 Å². The molecule has 8 heteroatoms. The maximum absolute atomic E-state index is 5.18. The monoisotopic (exact) mass is 329 g/mol. The Labute approximate surface area is 134 Å². The number of hydrogen-bond acceptors (Lipinski definition) is 7. The van der Waals surface area contributed by atoms with E-state index in [9.17, 15) is 0 Å².